The largest absolute Gasteiger partial charge is 0.341 e. The van der Waals surface area contributed by atoms with E-state index in [1.54, 1.807) is 11.0 Å². The summed E-state index contributed by atoms with van der Waals surface area (Å²) < 4.78 is 0. The van der Waals surface area contributed by atoms with Crippen molar-refractivity contribution in [3.05, 3.63) is 64.7 Å². The summed E-state index contributed by atoms with van der Waals surface area (Å²) in [6.45, 7) is 1.02. The van der Waals surface area contributed by atoms with Crippen LogP contribution in [0, 0.1) is 0 Å². The number of nitrogens with zero attached hydrogens (tertiary/aromatic N) is 1. The van der Waals surface area contributed by atoms with E-state index in [9.17, 15) is 9.59 Å². The molecular formula is C19H17ClN2O2. The van der Waals surface area contributed by atoms with Crippen molar-refractivity contribution in [1.29, 1.82) is 0 Å². The predicted molar refractivity (Wildman–Crippen MR) is 93.1 cm³/mol. The number of anilines is 1. The third kappa shape index (κ3) is 2.29. The molecule has 122 valence electrons. The summed E-state index contributed by atoms with van der Waals surface area (Å²) in [5.74, 6) is 0.00824. The summed E-state index contributed by atoms with van der Waals surface area (Å²) in [6.07, 6.45) is 0.920. The SMILES string of the molecule is O=C(Cc1ccccc1Cl)N1CCC2(C1)C(=O)Nc1ccccc12. The van der Waals surface area contributed by atoms with E-state index in [0.29, 0.717) is 24.5 Å². The number of carbonyl (C=O) groups is 2. The average Bonchev–Trinajstić information content (AvgIpc) is 3.14. The highest BCUT2D eigenvalue weighted by Crippen LogP contribution is 2.44. The van der Waals surface area contributed by atoms with Gasteiger partial charge in [0.1, 0.15) is 0 Å². The van der Waals surface area contributed by atoms with Crippen LogP contribution in [0.2, 0.25) is 5.02 Å². The molecule has 1 atom stereocenters. The molecule has 1 fully saturated rings. The Kier molecular flexibility index (Phi) is 3.57. The van der Waals surface area contributed by atoms with Crippen LogP contribution >= 0.6 is 11.6 Å². The number of rotatable bonds is 2. The van der Waals surface area contributed by atoms with Crippen molar-refractivity contribution in [1.82, 2.24) is 4.90 Å². The smallest absolute Gasteiger partial charge is 0.236 e. The van der Waals surface area contributed by atoms with Crippen LogP contribution < -0.4 is 5.32 Å². The van der Waals surface area contributed by atoms with Gasteiger partial charge in [0.2, 0.25) is 11.8 Å². The van der Waals surface area contributed by atoms with Crippen molar-refractivity contribution < 1.29 is 9.59 Å². The number of hydrogen-bond acceptors (Lipinski definition) is 2. The molecule has 2 amide bonds. The van der Waals surface area contributed by atoms with Crippen LogP contribution in [-0.2, 0) is 21.4 Å². The van der Waals surface area contributed by atoms with Gasteiger partial charge in [-0.1, -0.05) is 48.0 Å². The van der Waals surface area contributed by atoms with Crippen LogP contribution in [-0.4, -0.2) is 29.8 Å². The third-order valence-corrected chi connectivity index (χ3v) is 5.42. The molecule has 2 aliphatic heterocycles. The Bertz CT molecular complexity index is 836. The minimum Gasteiger partial charge on any atom is -0.341 e. The molecule has 0 radical (unpaired) electrons. The van der Waals surface area contributed by atoms with E-state index in [0.717, 1.165) is 16.8 Å². The molecular weight excluding hydrogens is 324 g/mol. The highest BCUT2D eigenvalue weighted by Gasteiger charge is 2.51. The minimum atomic E-state index is -0.604. The van der Waals surface area contributed by atoms with Crippen molar-refractivity contribution in [3.8, 4) is 0 Å². The van der Waals surface area contributed by atoms with E-state index in [4.69, 9.17) is 11.6 Å². The number of nitrogens with one attached hydrogen (secondary N) is 1. The molecule has 24 heavy (non-hydrogen) atoms. The zero-order chi connectivity index (χ0) is 16.7. The van der Waals surface area contributed by atoms with E-state index in [1.165, 1.54) is 0 Å². The van der Waals surface area contributed by atoms with Crippen molar-refractivity contribution in [2.24, 2.45) is 0 Å². The van der Waals surface area contributed by atoms with Gasteiger partial charge in [-0.15, -0.1) is 0 Å². The van der Waals surface area contributed by atoms with Crippen molar-refractivity contribution in [3.63, 3.8) is 0 Å². The van der Waals surface area contributed by atoms with Crippen LogP contribution in [0.1, 0.15) is 17.5 Å². The molecule has 0 saturated carbocycles. The van der Waals surface area contributed by atoms with Crippen LogP contribution in [0.4, 0.5) is 5.69 Å². The molecule has 5 heteroatoms. The van der Waals surface area contributed by atoms with E-state index < -0.39 is 5.41 Å². The maximum atomic E-state index is 12.7. The van der Waals surface area contributed by atoms with Crippen LogP contribution in [0.3, 0.4) is 0 Å². The van der Waals surface area contributed by atoms with E-state index in [2.05, 4.69) is 5.32 Å². The number of amides is 2. The second-order valence-corrected chi connectivity index (χ2v) is 6.82. The lowest BCUT2D eigenvalue weighted by Gasteiger charge is -2.22. The Morgan fingerprint density at radius 1 is 1.17 bits per heavy atom. The van der Waals surface area contributed by atoms with Gasteiger partial charge >= 0.3 is 0 Å². The molecule has 0 aliphatic carbocycles. The molecule has 2 aromatic carbocycles. The zero-order valence-corrected chi connectivity index (χ0v) is 13.8. The van der Waals surface area contributed by atoms with Crippen molar-refractivity contribution in [2.75, 3.05) is 18.4 Å². The summed E-state index contributed by atoms with van der Waals surface area (Å²) in [5.41, 5.74) is 2.08. The monoisotopic (exact) mass is 340 g/mol. The van der Waals surface area contributed by atoms with E-state index in [1.807, 2.05) is 42.5 Å². The van der Waals surface area contributed by atoms with Gasteiger partial charge in [-0.05, 0) is 29.7 Å². The number of fused-ring (bicyclic) bond motifs is 2. The van der Waals surface area contributed by atoms with Gasteiger partial charge in [-0.3, -0.25) is 9.59 Å². The van der Waals surface area contributed by atoms with Gasteiger partial charge in [0, 0.05) is 23.8 Å². The maximum absolute atomic E-state index is 12.7. The lowest BCUT2D eigenvalue weighted by molar-refractivity contribution is -0.129. The van der Waals surface area contributed by atoms with Crippen LogP contribution in [0.15, 0.2) is 48.5 Å². The first-order chi connectivity index (χ1) is 11.6. The summed E-state index contributed by atoms with van der Waals surface area (Å²) >= 11 is 6.15. The van der Waals surface area contributed by atoms with E-state index in [-0.39, 0.29) is 18.2 Å². The molecule has 1 spiro atoms. The van der Waals surface area contributed by atoms with Crippen molar-refractivity contribution >= 4 is 29.1 Å². The molecule has 2 aliphatic rings. The highest BCUT2D eigenvalue weighted by atomic mass is 35.5. The second kappa shape index (κ2) is 5.64. The first-order valence-electron chi connectivity index (χ1n) is 8.02. The standard InChI is InChI=1S/C19H17ClN2O2/c20-15-7-3-1-5-13(15)11-17(23)22-10-9-19(12-22)14-6-2-4-8-16(14)21-18(19)24/h1-8H,9-12H2,(H,21,24). The van der Waals surface area contributed by atoms with Gasteiger partial charge in [-0.2, -0.15) is 0 Å². The summed E-state index contributed by atoms with van der Waals surface area (Å²) in [6, 6.07) is 15.1. The molecule has 1 saturated heterocycles. The van der Waals surface area contributed by atoms with Crippen molar-refractivity contribution in [2.45, 2.75) is 18.3 Å². The van der Waals surface area contributed by atoms with Gasteiger partial charge in [0.05, 0.1) is 11.8 Å². The predicted octanol–water partition coefficient (Wildman–Crippen LogP) is 3.00. The molecule has 1 unspecified atom stereocenters. The highest BCUT2D eigenvalue weighted by molar-refractivity contribution is 6.31. The summed E-state index contributed by atoms with van der Waals surface area (Å²) in [5, 5.41) is 3.55. The quantitative estimate of drug-likeness (QED) is 0.913. The normalized spacial score (nSPS) is 21.9. The van der Waals surface area contributed by atoms with Gasteiger partial charge in [0.25, 0.3) is 0 Å². The Morgan fingerprint density at radius 2 is 1.92 bits per heavy atom. The number of para-hydroxylation sites is 1. The number of carbonyl (C=O) groups excluding carboxylic acids is 2. The number of halogens is 1. The fourth-order valence-corrected chi connectivity index (χ4v) is 3.92. The fraction of sp³-hybridized carbons (Fsp3) is 0.263. The molecule has 0 aromatic heterocycles. The fourth-order valence-electron chi connectivity index (χ4n) is 3.72. The molecule has 0 bridgehead atoms. The molecule has 1 N–H and O–H groups in total. The molecule has 2 aromatic rings. The van der Waals surface area contributed by atoms with Crippen LogP contribution in [0.25, 0.3) is 0 Å². The first kappa shape index (κ1) is 15.2. The van der Waals surface area contributed by atoms with Gasteiger partial charge < -0.3 is 10.2 Å². The lowest BCUT2D eigenvalue weighted by Crippen LogP contribution is -2.39. The minimum absolute atomic E-state index is 0.00302. The van der Waals surface area contributed by atoms with Crippen LogP contribution in [0.5, 0.6) is 0 Å². The third-order valence-electron chi connectivity index (χ3n) is 5.05. The summed E-state index contributed by atoms with van der Waals surface area (Å²) in [7, 11) is 0. The average molecular weight is 341 g/mol. The van der Waals surface area contributed by atoms with Gasteiger partial charge in [-0.25, -0.2) is 0 Å². The molecule has 4 nitrogen and oxygen atoms in total. The Labute approximate surface area is 145 Å². The Morgan fingerprint density at radius 3 is 2.75 bits per heavy atom. The Balaban J connectivity index is 1.56. The zero-order valence-electron chi connectivity index (χ0n) is 13.1. The maximum Gasteiger partial charge on any atom is 0.236 e. The molecule has 4 rings (SSSR count). The lowest BCUT2D eigenvalue weighted by atomic mass is 9.81. The van der Waals surface area contributed by atoms with E-state index >= 15 is 0 Å². The number of hydrogen-bond donors (Lipinski definition) is 1. The first-order valence-corrected chi connectivity index (χ1v) is 8.40. The number of benzene rings is 2. The molecule has 2 heterocycles. The summed E-state index contributed by atoms with van der Waals surface area (Å²) in [4.78, 5) is 27.0. The topological polar surface area (TPSA) is 49.4 Å². The second-order valence-electron chi connectivity index (χ2n) is 6.42. The number of likely N-dealkylation sites (tertiary alicyclic amines) is 1. The Hall–Kier alpha value is -2.33. The van der Waals surface area contributed by atoms with Gasteiger partial charge in [0.15, 0.2) is 0 Å².